The van der Waals surface area contributed by atoms with E-state index in [1.165, 1.54) is 5.56 Å². The first-order valence-electron chi connectivity index (χ1n) is 9.01. The SMILES string of the molecule is CN=C(NCc1ccccc1)N1CCN(S(=O)(=O)CCOC(C)C)CC1.I. The van der Waals surface area contributed by atoms with E-state index in [0.29, 0.717) is 32.7 Å². The Morgan fingerprint density at radius 2 is 1.81 bits per heavy atom. The van der Waals surface area contributed by atoms with Crippen molar-refractivity contribution in [3.8, 4) is 0 Å². The number of nitrogens with zero attached hydrogens (tertiary/aromatic N) is 3. The van der Waals surface area contributed by atoms with Crippen LogP contribution < -0.4 is 5.32 Å². The second-order valence-electron chi connectivity index (χ2n) is 6.51. The molecule has 9 heteroatoms. The van der Waals surface area contributed by atoms with Gasteiger partial charge in [0.2, 0.25) is 10.0 Å². The summed E-state index contributed by atoms with van der Waals surface area (Å²) in [5.41, 5.74) is 1.18. The Balaban J connectivity index is 0.00000364. The Morgan fingerprint density at radius 1 is 1.19 bits per heavy atom. The summed E-state index contributed by atoms with van der Waals surface area (Å²) in [6.07, 6.45) is 0.0426. The van der Waals surface area contributed by atoms with Crippen LogP contribution in [0.5, 0.6) is 0 Å². The smallest absolute Gasteiger partial charge is 0.216 e. The summed E-state index contributed by atoms with van der Waals surface area (Å²) in [6, 6.07) is 10.1. The van der Waals surface area contributed by atoms with Gasteiger partial charge in [-0.15, -0.1) is 24.0 Å². The number of halogens is 1. The molecule has 1 aromatic rings. The molecule has 0 bridgehead atoms. The zero-order valence-electron chi connectivity index (χ0n) is 16.3. The standard InChI is InChI=1S/C18H30N4O3S.HI/c1-16(2)25-13-14-26(23,24)22-11-9-21(10-12-22)18(19-3)20-15-17-7-5-4-6-8-17;/h4-8,16H,9-15H2,1-3H3,(H,19,20);1H. The van der Waals surface area contributed by atoms with E-state index < -0.39 is 10.0 Å². The number of nitrogens with one attached hydrogen (secondary N) is 1. The van der Waals surface area contributed by atoms with Crippen LogP contribution in [0.25, 0.3) is 0 Å². The average molecular weight is 510 g/mol. The minimum absolute atomic E-state index is 0. The van der Waals surface area contributed by atoms with Gasteiger partial charge in [-0.3, -0.25) is 4.99 Å². The van der Waals surface area contributed by atoms with Crippen LogP contribution >= 0.6 is 24.0 Å². The third-order valence-electron chi connectivity index (χ3n) is 4.23. The number of aliphatic imine (C=N–C) groups is 1. The van der Waals surface area contributed by atoms with Gasteiger partial charge in [0.1, 0.15) is 0 Å². The number of piperazine rings is 1. The Labute approximate surface area is 180 Å². The molecule has 0 amide bonds. The molecule has 1 N–H and O–H groups in total. The monoisotopic (exact) mass is 510 g/mol. The number of guanidine groups is 1. The lowest BCUT2D eigenvalue weighted by molar-refractivity contribution is 0.0904. The van der Waals surface area contributed by atoms with Crippen molar-refractivity contribution >= 4 is 40.0 Å². The summed E-state index contributed by atoms with van der Waals surface area (Å²) in [5.74, 6) is 0.834. The topological polar surface area (TPSA) is 74.2 Å². The molecule has 27 heavy (non-hydrogen) atoms. The van der Waals surface area contributed by atoms with Crippen molar-refractivity contribution in [3.63, 3.8) is 0 Å². The highest BCUT2D eigenvalue weighted by atomic mass is 127. The molecule has 0 atom stereocenters. The molecule has 0 aliphatic carbocycles. The minimum Gasteiger partial charge on any atom is -0.378 e. The molecule has 0 saturated carbocycles. The van der Waals surface area contributed by atoms with Crippen molar-refractivity contribution in [2.45, 2.75) is 26.5 Å². The zero-order chi connectivity index (χ0) is 19.0. The first-order chi connectivity index (χ1) is 12.4. The van der Waals surface area contributed by atoms with Gasteiger partial charge in [0.25, 0.3) is 0 Å². The number of rotatable bonds is 7. The van der Waals surface area contributed by atoms with Crippen molar-refractivity contribution in [1.29, 1.82) is 0 Å². The fraction of sp³-hybridized carbons (Fsp3) is 0.611. The van der Waals surface area contributed by atoms with Crippen molar-refractivity contribution < 1.29 is 13.2 Å². The quantitative estimate of drug-likeness (QED) is 0.344. The maximum atomic E-state index is 12.4. The largest absolute Gasteiger partial charge is 0.378 e. The second kappa shape index (κ2) is 11.8. The molecule has 0 radical (unpaired) electrons. The maximum absolute atomic E-state index is 12.4. The molecule has 154 valence electrons. The van der Waals surface area contributed by atoms with Crippen LogP contribution in [0.2, 0.25) is 0 Å². The molecule has 1 heterocycles. The molecule has 1 aliphatic rings. The van der Waals surface area contributed by atoms with E-state index >= 15 is 0 Å². The summed E-state index contributed by atoms with van der Waals surface area (Å²) in [6.45, 7) is 6.92. The Kier molecular flexibility index (Phi) is 10.6. The summed E-state index contributed by atoms with van der Waals surface area (Å²) in [7, 11) is -1.52. The Morgan fingerprint density at radius 3 is 2.37 bits per heavy atom. The van der Waals surface area contributed by atoms with E-state index in [9.17, 15) is 8.42 Å². The normalized spacial score (nSPS) is 16.3. The van der Waals surface area contributed by atoms with Gasteiger partial charge in [0.05, 0.1) is 18.5 Å². The molecule has 1 fully saturated rings. The predicted octanol–water partition coefficient (Wildman–Crippen LogP) is 1.75. The van der Waals surface area contributed by atoms with Crippen LogP contribution in [0.1, 0.15) is 19.4 Å². The van der Waals surface area contributed by atoms with E-state index in [-0.39, 0.29) is 42.4 Å². The number of hydrogen-bond donors (Lipinski definition) is 1. The van der Waals surface area contributed by atoms with Crippen molar-refractivity contribution in [3.05, 3.63) is 35.9 Å². The van der Waals surface area contributed by atoms with Gasteiger partial charge in [-0.2, -0.15) is 4.31 Å². The van der Waals surface area contributed by atoms with Gasteiger partial charge in [-0.05, 0) is 19.4 Å². The lowest BCUT2D eigenvalue weighted by Crippen LogP contribution is -2.54. The summed E-state index contributed by atoms with van der Waals surface area (Å²) >= 11 is 0. The first kappa shape index (κ1) is 24.1. The number of ether oxygens (including phenoxy) is 1. The molecule has 1 aliphatic heterocycles. The highest BCUT2D eigenvalue weighted by molar-refractivity contribution is 14.0. The van der Waals surface area contributed by atoms with Gasteiger partial charge in [-0.25, -0.2) is 8.42 Å². The molecule has 0 spiro atoms. The molecule has 1 saturated heterocycles. The van der Waals surface area contributed by atoms with E-state index in [1.807, 2.05) is 32.0 Å². The fourth-order valence-electron chi connectivity index (χ4n) is 2.81. The van der Waals surface area contributed by atoms with E-state index in [4.69, 9.17) is 4.74 Å². The van der Waals surface area contributed by atoms with E-state index in [0.717, 1.165) is 5.96 Å². The van der Waals surface area contributed by atoms with Crippen LogP contribution in [-0.4, -0.2) is 75.3 Å². The minimum atomic E-state index is -3.27. The summed E-state index contributed by atoms with van der Waals surface area (Å²) in [5, 5.41) is 3.34. The van der Waals surface area contributed by atoms with Gasteiger partial charge >= 0.3 is 0 Å². The molecule has 0 aromatic heterocycles. The first-order valence-corrected chi connectivity index (χ1v) is 10.6. The molecular formula is C18H31IN4O3S. The Hall–Kier alpha value is -0.910. The second-order valence-corrected chi connectivity index (χ2v) is 8.60. The van der Waals surface area contributed by atoms with Crippen molar-refractivity contribution in [1.82, 2.24) is 14.5 Å². The van der Waals surface area contributed by atoms with Crippen molar-refractivity contribution in [2.75, 3.05) is 45.6 Å². The fourth-order valence-corrected chi connectivity index (χ4v) is 4.09. The third-order valence-corrected chi connectivity index (χ3v) is 6.06. The van der Waals surface area contributed by atoms with Gasteiger partial charge in [-0.1, -0.05) is 30.3 Å². The van der Waals surface area contributed by atoms with Crippen LogP contribution in [-0.2, 0) is 21.3 Å². The highest BCUT2D eigenvalue weighted by Gasteiger charge is 2.27. The summed E-state index contributed by atoms with van der Waals surface area (Å²) in [4.78, 5) is 6.42. The molecule has 1 aromatic carbocycles. The van der Waals surface area contributed by atoms with Crippen LogP contribution in [0.15, 0.2) is 35.3 Å². The zero-order valence-corrected chi connectivity index (χ0v) is 19.4. The number of benzene rings is 1. The summed E-state index contributed by atoms with van der Waals surface area (Å²) < 4.78 is 31.7. The van der Waals surface area contributed by atoms with E-state index in [1.54, 1.807) is 11.4 Å². The maximum Gasteiger partial charge on any atom is 0.216 e. The van der Waals surface area contributed by atoms with Gasteiger partial charge < -0.3 is 15.0 Å². The lowest BCUT2D eigenvalue weighted by Gasteiger charge is -2.35. The van der Waals surface area contributed by atoms with Gasteiger partial charge in [0.15, 0.2) is 5.96 Å². The molecular weight excluding hydrogens is 479 g/mol. The van der Waals surface area contributed by atoms with Crippen LogP contribution in [0.3, 0.4) is 0 Å². The number of hydrogen-bond acceptors (Lipinski definition) is 4. The van der Waals surface area contributed by atoms with Crippen LogP contribution in [0, 0.1) is 0 Å². The molecule has 0 unspecified atom stereocenters. The van der Waals surface area contributed by atoms with E-state index in [2.05, 4.69) is 27.3 Å². The molecule has 2 rings (SSSR count). The van der Waals surface area contributed by atoms with Crippen molar-refractivity contribution in [2.24, 2.45) is 4.99 Å². The van der Waals surface area contributed by atoms with Gasteiger partial charge in [0, 0.05) is 39.8 Å². The Bertz CT molecular complexity index is 675. The predicted molar refractivity (Wildman–Crippen MR) is 120 cm³/mol. The molecule has 7 nitrogen and oxygen atoms in total. The van der Waals surface area contributed by atoms with Crippen LogP contribution in [0.4, 0.5) is 0 Å². The average Bonchev–Trinajstić information content (AvgIpc) is 2.63. The number of sulfonamides is 1. The highest BCUT2D eigenvalue weighted by Crippen LogP contribution is 2.09. The lowest BCUT2D eigenvalue weighted by atomic mass is 10.2. The third kappa shape index (κ3) is 7.92.